The molecule has 0 aliphatic carbocycles. The Balaban J connectivity index is 2.83. The standard InChI is InChI=1S/C7H9NO6/c1-13-7(12)4(10)5-3(9)2(8)6(11)14-5/h4-5,9-10H,8H2,1H3/t4-,5+/m1/s1. The summed E-state index contributed by atoms with van der Waals surface area (Å²) in [6.45, 7) is 0. The first-order valence-corrected chi connectivity index (χ1v) is 3.64. The van der Waals surface area contributed by atoms with E-state index in [0.717, 1.165) is 7.11 Å². The van der Waals surface area contributed by atoms with E-state index in [-0.39, 0.29) is 0 Å². The van der Waals surface area contributed by atoms with Crippen molar-refractivity contribution in [3.63, 3.8) is 0 Å². The molecule has 0 unspecified atom stereocenters. The van der Waals surface area contributed by atoms with Gasteiger partial charge in [-0.1, -0.05) is 0 Å². The Bertz CT molecular complexity index is 309. The zero-order valence-corrected chi connectivity index (χ0v) is 7.26. The molecule has 1 heterocycles. The topological polar surface area (TPSA) is 119 Å². The molecule has 0 aromatic heterocycles. The molecule has 0 amide bonds. The first kappa shape index (κ1) is 10.3. The minimum atomic E-state index is -1.77. The van der Waals surface area contributed by atoms with Crippen LogP contribution in [-0.2, 0) is 19.1 Å². The van der Waals surface area contributed by atoms with Gasteiger partial charge in [0.2, 0.25) is 0 Å². The van der Waals surface area contributed by atoms with E-state index < -0.39 is 35.6 Å². The number of cyclic esters (lactones) is 1. The Morgan fingerprint density at radius 1 is 1.71 bits per heavy atom. The van der Waals surface area contributed by atoms with Gasteiger partial charge in [-0.3, -0.25) is 0 Å². The lowest BCUT2D eigenvalue weighted by Crippen LogP contribution is -2.36. The van der Waals surface area contributed by atoms with E-state index in [1.54, 1.807) is 0 Å². The molecule has 4 N–H and O–H groups in total. The van der Waals surface area contributed by atoms with E-state index in [9.17, 15) is 19.8 Å². The number of esters is 2. The number of aliphatic hydroxyl groups excluding tert-OH is 2. The quantitative estimate of drug-likeness (QED) is 0.452. The van der Waals surface area contributed by atoms with Gasteiger partial charge in [-0.15, -0.1) is 0 Å². The van der Waals surface area contributed by atoms with Crippen LogP contribution in [0.2, 0.25) is 0 Å². The van der Waals surface area contributed by atoms with Crippen LogP contribution in [0.1, 0.15) is 0 Å². The summed E-state index contributed by atoms with van der Waals surface area (Å²) in [7, 11) is 1.05. The molecule has 0 saturated heterocycles. The van der Waals surface area contributed by atoms with Gasteiger partial charge < -0.3 is 25.4 Å². The number of hydrogen-bond donors (Lipinski definition) is 3. The molecule has 0 spiro atoms. The number of ether oxygens (including phenoxy) is 2. The molecule has 0 radical (unpaired) electrons. The summed E-state index contributed by atoms with van der Waals surface area (Å²) in [5, 5.41) is 18.4. The summed E-state index contributed by atoms with van der Waals surface area (Å²) in [5.74, 6) is -2.66. The first-order chi connectivity index (χ1) is 6.49. The zero-order chi connectivity index (χ0) is 10.9. The van der Waals surface area contributed by atoms with Gasteiger partial charge in [-0.25, -0.2) is 9.59 Å². The summed E-state index contributed by atoms with van der Waals surface area (Å²) >= 11 is 0. The summed E-state index contributed by atoms with van der Waals surface area (Å²) in [5.41, 5.74) is 4.57. The van der Waals surface area contributed by atoms with Crippen LogP contribution >= 0.6 is 0 Å². The Hall–Kier alpha value is -1.76. The highest BCUT2D eigenvalue weighted by atomic mass is 16.6. The Labute approximate surface area is 78.7 Å². The number of hydrogen-bond acceptors (Lipinski definition) is 7. The van der Waals surface area contributed by atoms with Crippen molar-refractivity contribution < 1.29 is 29.3 Å². The fourth-order valence-corrected chi connectivity index (χ4v) is 0.951. The molecule has 2 atom stereocenters. The Kier molecular flexibility index (Phi) is 2.61. The highest BCUT2D eigenvalue weighted by Gasteiger charge is 2.41. The Morgan fingerprint density at radius 2 is 2.29 bits per heavy atom. The van der Waals surface area contributed by atoms with Gasteiger partial charge in [-0.05, 0) is 0 Å². The molecule has 0 saturated carbocycles. The molecular formula is C7H9NO6. The lowest BCUT2D eigenvalue weighted by atomic mass is 10.1. The average Bonchev–Trinajstić information content (AvgIpc) is 2.43. The van der Waals surface area contributed by atoms with Gasteiger partial charge >= 0.3 is 11.9 Å². The number of methoxy groups -OCH3 is 1. The third-order valence-electron chi connectivity index (χ3n) is 1.73. The number of nitrogens with two attached hydrogens (primary N) is 1. The number of carbonyl (C=O) groups is 2. The summed E-state index contributed by atoms with van der Waals surface area (Å²) in [4.78, 5) is 21.6. The minimum Gasteiger partial charge on any atom is -0.506 e. The van der Waals surface area contributed by atoms with Crippen molar-refractivity contribution in [2.75, 3.05) is 7.11 Å². The van der Waals surface area contributed by atoms with Crippen molar-refractivity contribution in [2.24, 2.45) is 5.73 Å². The predicted octanol–water partition coefficient (Wildman–Crippen LogP) is -1.83. The number of rotatable bonds is 2. The SMILES string of the molecule is COC(=O)[C@H](O)[C@H]1OC(=O)C(N)=C1O. The zero-order valence-electron chi connectivity index (χ0n) is 7.26. The highest BCUT2D eigenvalue weighted by molar-refractivity contribution is 5.91. The number of aliphatic hydroxyl groups is 2. The van der Waals surface area contributed by atoms with Crippen molar-refractivity contribution >= 4 is 11.9 Å². The summed E-state index contributed by atoms with van der Waals surface area (Å²) in [6, 6.07) is 0. The Morgan fingerprint density at radius 3 is 2.64 bits per heavy atom. The van der Waals surface area contributed by atoms with Crippen LogP contribution in [0, 0.1) is 0 Å². The molecule has 1 aliphatic rings. The molecule has 7 nitrogen and oxygen atoms in total. The van der Waals surface area contributed by atoms with Crippen molar-refractivity contribution in [2.45, 2.75) is 12.2 Å². The maximum absolute atomic E-state index is 10.8. The van der Waals surface area contributed by atoms with Crippen LogP contribution in [-0.4, -0.2) is 41.5 Å². The second-order valence-corrected chi connectivity index (χ2v) is 2.59. The third kappa shape index (κ3) is 1.49. The van der Waals surface area contributed by atoms with E-state index in [2.05, 4.69) is 9.47 Å². The maximum atomic E-state index is 10.8. The van der Waals surface area contributed by atoms with E-state index in [1.807, 2.05) is 0 Å². The van der Waals surface area contributed by atoms with Crippen LogP contribution in [0.5, 0.6) is 0 Å². The smallest absolute Gasteiger partial charge is 0.358 e. The molecule has 1 aliphatic heterocycles. The second-order valence-electron chi connectivity index (χ2n) is 2.59. The van der Waals surface area contributed by atoms with E-state index in [0.29, 0.717) is 0 Å². The largest absolute Gasteiger partial charge is 0.506 e. The second kappa shape index (κ2) is 3.54. The van der Waals surface area contributed by atoms with Gasteiger partial charge in [0.25, 0.3) is 0 Å². The molecule has 7 heteroatoms. The molecule has 14 heavy (non-hydrogen) atoms. The fourth-order valence-electron chi connectivity index (χ4n) is 0.951. The van der Waals surface area contributed by atoms with Crippen molar-refractivity contribution in [3.05, 3.63) is 11.5 Å². The summed E-state index contributed by atoms with van der Waals surface area (Å²) in [6.07, 6.45) is -3.25. The van der Waals surface area contributed by atoms with Gasteiger partial charge in [-0.2, -0.15) is 0 Å². The van der Waals surface area contributed by atoms with Crippen LogP contribution in [0.25, 0.3) is 0 Å². The van der Waals surface area contributed by atoms with E-state index in [1.165, 1.54) is 0 Å². The lowest BCUT2D eigenvalue weighted by Gasteiger charge is -2.14. The van der Waals surface area contributed by atoms with Gasteiger partial charge in [0.1, 0.15) is 0 Å². The van der Waals surface area contributed by atoms with Crippen LogP contribution in [0.4, 0.5) is 0 Å². The van der Waals surface area contributed by atoms with E-state index in [4.69, 9.17) is 5.73 Å². The van der Waals surface area contributed by atoms with Crippen molar-refractivity contribution in [1.82, 2.24) is 0 Å². The third-order valence-corrected chi connectivity index (χ3v) is 1.73. The fraction of sp³-hybridized carbons (Fsp3) is 0.429. The molecule has 0 bridgehead atoms. The first-order valence-electron chi connectivity index (χ1n) is 3.64. The maximum Gasteiger partial charge on any atom is 0.358 e. The van der Waals surface area contributed by atoms with Gasteiger partial charge in [0.05, 0.1) is 7.11 Å². The molecule has 0 fully saturated rings. The van der Waals surface area contributed by atoms with Crippen molar-refractivity contribution in [3.8, 4) is 0 Å². The highest BCUT2D eigenvalue weighted by Crippen LogP contribution is 2.20. The normalized spacial score (nSPS) is 23.3. The average molecular weight is 203 g/mol. The van der Waals surface area contributed by atoms with E-state index >= 15 is 0 Å². The van der Waals surface area contributed by atoms with Crippen LogP contribution in [0.15, 0.2) is 11.5 Å². The lowest BCUT2D eigenvalue weighted by molar-refractivity contribution is -0.161. The van der Waals surface area contributed by atoms with Crippen molar-refractivity contribution in [1.29, 1.82) is 0 Å². The molecule has 78 valence electrons. The summed E-state index contributed by atoms with van der Waals surface area (Å²) < 4.78 is 8.62. The number of carbonyl (C=O) groups excluding carboxylic acids is 2. The monoisotopic (exact) mass is 203 g/mol. The van der Waals surface area contributed by atoms with Gasteiger partial charge in [0, 0.05) is 0 Å². The van der Waals surface area contributed by atoms with Gasteiger partial charge in [0.15, 0.2) is 23.7 Å². The molecule has 0 aromatic rings. The van der Waals surface area contributed by atoms with Crippen LogP contribution in [0.3, 0.4) is 0 Å². The molecular weight excluding hydrogens is 194 g/mol. The predicted molar refractivity (Wildman–Crippen MR) is 41.7 cm³/mol. The molecule has 1 rings (SSSR count). The minimum absolute atomic E-state index is 0.516. The molecule has 0 aromatic carbocycles. The van der Waals surface area contributed by atoms with Crippen LogP contribution < -0.4 is 5.73 Å².